The lowest BCUT2D eigenvalue weighted by Gasteiger charge is -2.41. The van der Waals surface area contributed by atoms with Crippen LogP contribution in [-0.4, -0.2) is 76.7 Å². The quantitative estimate of drug-likeness (QED) is 0.826. The molecule has 0 radical (unpaired) electrons. The first-order valence-electron chi connectivity index (χ1n) is 9.00. The molecule has 1 atom stereocenters. The molecular weight excluding hydrogens is 332 g/mol. The van der Waals surface area contributed by atoms with E-state index in [1.165, 1.54) is 0 Å². The highest BCUT2D eigenvalue weighted by atomic mass is 16.6. The van der Waals surface area contributed by atoms with Crippen LogP contribution in [0, 0.1) is 6.92 Å². The minimum Gasteiger partial charge on any atom is -0.444 e. The van der Waals surface area contributed by atoms with Gasteiger partial charge in [0.2, 0.25) is 0 Å². The molecular formula is C19H30N4O3. The van der Waals surface area contributed by atoms with E-state index in [1.54, 1.807) is 29.2 Å². The van der Waals surface area contributed by atoms with Crippen molar-refractivity contribution in [3.8, 4) is 0 Å². The summed E-state index contributed by atoms with van der Waals surface area (Å²) in [7, 11) is 1.81. The summed E-state index contributed by atoms with van der Waals surface area (Å²) in [5.41, 5.74) is 1.04. The number of pyridine rings is 1. The Labute approximate surface area is 155 Å². The number of aryl methyl sites for hydroxylation is 1. The Bertz CT molecular complexity index is 648. The summed E-state index contributed by atoms with van der Waals surface area (Å²) < 4.78 is 5.43. The molecule has 7 heteroatoms. The van der Waals surface area contributed by atoms with Gasteiger partial charge in [0.1, 0.15) is 5.60 Å². The van der Waals surface area contributed by atoms with Crippen LogP contribution in [0.2, 0.25) is 0 Å². The van der Waals surface area contributed by atoms with Gasteiger partial charge in [-0.2, -0.15) is 0 Å². The van der Waals surface area contributed by atoms with E-state index >= 15 is 0 Å². The number of rotatable bonds is 3. The summed E-state index contributed by atoms with van der Waals surface area (Å²) in [4.78, 5) is 34.6. The minimum atomic E-state index is -0.490. The molecule has 0 aromatic carbocycles. The first kappa shape index (κ1) is 20.2. The molecule has 1 fully saturated rings. The van der Waals surface area contributed by atoms with E-state index in [0.717, 1.165) is 5.56 Å². The van der Waals surface area contributed by atoms with E-state index in [2.05, 4.69) is 9.88 Å². The van der Waals surface area contributed by atoms with Crippen molar-refractivity contribution in [2.24, 2.45) is 0 Å². The maximum atomic E-state index is 12.8. The lowest BCUT2D eigenvalue weighted by atomic mass is 10.1. The van der Waals surface area contributed by atoms with Crippen molar-refractivity contribution in [3.05, 3.63) is 29.6 Å². The molecule has 1 aliphatic heterocycles. The smallest absolute Gasteiger partial charge is 0.410 e. The number of ether oxygens (including phenoxy) is 1. The molecule has 0 N–H and O–H groups in total. The Morgan fingerprint density at radius 3 is 2.38 bits per heavy atom. The Kier molecular flexibility index (Phi) is 6.23. The van der Waals surface area contributed by atoms with Gasteiger partial charge < -0.3 is 14.5 Å². The van der Waals surface area contributed by atoms with Crippen LogP contribution in [0.3, 0.4) is 0 Å². The van der Waals surface area contributed by atoms with Crippen molar-refractivity contribution in [1.29, 1.82) is 0 Å². The third-order valence-electron chi connectivity index (χ3n) is 4.64. The molecule has 1 aliphatic rings. The normalized spacial score (nSPS) is 16.9. The lowest BCUT2D eigenvalue weighted by molar-refractivity contribution is -0.00176. The SMILES string of the molecule is Cc1ccncc1C(=O)N(C)C(C)N1CCN(C(=O)OC(C)(C)C)CC1. The molecule has 0 spiro atoms. The zero-order valence-corrected chi connectivity index (χ0v) is 16.7. The predicted molar refractivity (Wildman–Crippen MR) is 99.9 cm³/mol. The summed E-state index contributed by atoms with van der Waals surface area (Å²) in [5, 5.41) is 0. The van der Waals surface area contributed by atoms with E-state index in [-0.39, 0.29) is 18.2 Å². The lowest BCUT2D eigenvalue weighted by Crippen LogP contribution is -2.56. The van der Waals surface area contributed by atoms with Crippen LogP contribution in [0.25, 0.3) is 0 Å². The fourth-order valence-corrected chi connectivity index (χ4v) is 2.90. The maximum absolute atomic E-state index is 12.8. The van der Waals surface area contributed by atoms with Crippen molar-refractivity contribution >= 4 is 12.0 Å². The van der Waals surface area contributed by atoms with Gasteiger partial charge >= 0.3 is 6.09 Å². The summed E-state index contributed by atoms with van der Waals surface area (Å²) in [6.07, 6.45) is 2.95. The van der Waals surface area contributed by atoms with E-state index in [4.69, 9.17) is 4.74 Å². The van der Waals surface area contributed by atoms with Crippen LogP contribution in [0.5, 0.6) is 0 Å². The molecule has 2 heterocycles. The van der Waals surface area contributed by atoms with Crippen LogP contribution in [0.4, 0.5) is 4.79 Å². The van der Waals surface area contributed by atoms with E-state index in [1.807, 2.05) is 40.7 Å². The van der Waals surface area contributed by atoms with Crippen LogP contribution in [0.1, 0.15) is 43.6 Å². The predicted octanol–water partition coefficient (Wildman–Crippen LogP) is 2.36. The Morgan fingerprint density at radius 1 is 1.23 bits per heavy atom. The Hall–Kier alpha value is -2.15. The summed E-state index contributed by atoms with van der Waals surface area (Å²) >= 11 is 0. The van der Waals surface area contributed by atoms with Crippen LogP contribution >= 0.6 is 0 Å². The van der Waals surface area contributed by atoms with Gasteiger partial charge in [0.15, 0.2) is 0 Å². The molecule has 1 aromatic rings. The standard InChI is InChI=1S/C19H30N4O3/c1-14-7-8-20-13-16(14)17(24)21(6)15(2)22-9-11-23(12-10-22)18(25)26-19(3,4)5/h7-8,13,15H,9-12H2,1-6H3. The second-order valence-corrected chi connectivity index (χ2v) is 7.74. The minimum absolute atomic E-state index is 0.0438. The summed E-state index contributed by atoms with van der Waals surface area (Å²) in [6, 6.07) is 1.84. The van der Waals surface area contributed by atoms with Gasteiger partial charge in [-0.1, -0.05) is 0 Å². The number of piperazine rings is 1. The van der Waals surface area contributed by atoms with Gasteiger partial charge in [-0.3, -0.25) is 14.7 Å². The average molecular weight is 362 g/mol. The zero-order chi connectivity index (χ0) is 19.5. The van der Waals surface area contributed by atoms with Crippen LogP contribution in [-0.2, 0) is 4.74 Å². The molecule has 144 valence electrons. The number of nitrogens with zero attached hydrogens (tertiary/aromatic N) is 4. The van der Waals surface area contributed by atoms with E-state index in [9.17, 15) is 9.59 Å². The summed E-state index contributed by atoms with van der Waals surface area (Å²) in [6.45, 7) is 12.1. The summed E-state index contributed by atoms with van der Waals surface area (Å²) in [5.74, 6) is -0.0438. The molecule has 2 rings (SSSR count). The largest absolute Gasteiger partial charge is 0.444 e. The number of amides is 2. The van der Waals surface area contributed by atoms with Gasteiger partial charge in [-0.05, 0) is 46.2 Å². The zero-order valence-electron chi connectivity index (χ0n) is 16.7. The van der Waals surface area contributed by atoms with Gasteiger partial charge in [-0.15, -0.1) is 0 Å². The molecule has 2 amide bonds. The highest BCUT2D eigenvalue weighted by Gasteiger charge is 2.30. The number of aromatic nitrogens is 1. The maximum Gasteiger partial charge on any atom is 0.410 e. The molecule has 26 heavy (non-hydrogen) atoms. The van der Waals surface area contributed by atoms with Gasteiger partial charge in [0, 0.05) is 45.6 Å². The van der Waals surface area contributed by atoms with Crippen LogP contribution < -0.4 is 0 Å². The third-order valence-corrected chi connectivity index (χ3v) is 4.64. The second kappa shape index (κ2) is 8.03. The first-order chi connectivity index (χ1) is 12.1. The molecule has 0 bridgehead atoms. The van der Waals surface area contributed by atoms with Crippen LogP contribution in [0.15, 0.2) is 18.5 Å². The van der Waals surface area contributed by atoms with Crippen molar-refractivity contribution < 1.29 is 14.3 Å². The molecule has 1 unspecified atom stereocenters. The fourth-order valence-electron chi connectivity index (χ4n) is 2.90. The van der Waals surface area contributed by atoms with Gasteiger partial charge in [0.05, 0.1) is 11.7 Å². The molecule has 1 saturated heterocycles. The van der Waals surface area contributed by atoms with E-state index < -0.39 is 5.60 Å². The Morgan fingerprint density at radius 2 is 1.85 bits per heavy atom. The molecule has 0 aliphatic carbocycles. The number of hydrogen-bond acceptors (Lipinski definition) is 5. The molecule has 0 saturated carbocycles. The molecule has 7 nitrogen and oxygen atoms in total. The second-order valence-electron chi connectivity index (χ2n) is 7.74. The number of carbonyl (C=O) groups is 2. The average Bonchev–Trinajstić information content (AvgIpc) is 2.59. The van der Waals surface area contributed by atoms with E-state index in [0.29, 0.717) is 31.7 Å². The van der Waals surface area contributed by atoms with Gasteiger partial charge in [0.25, 0.3) is 5.91 Å². The monoisotopic (exact) mass is 362 g/mol. The highest BCUT2D eigenvalue weighted by Crippen LogP contribution is 2.16. The first-order valence-corrected chi connectivity index (χ1v) is 9.00. The van der Waals surface area contributed by atoms with Gasteiger partial charge in [-0.25, -0.2) is 4.79 Å². The Balaban J connectivity index is 1.93. The van der Waals surface area contributed by atoms with Crippen molar-refractivity contribution in [2.45, 2.75) is 46.4 Å². The number of carbonyl (C=O) groups excluding carboxylic acids is 2. The van der Waals surface area contributed by atoms with Crippen molar-refractivity contribution in [2.75, 3.05) is 33.2 Å². The fraction of sp³-hybridized carbons (Fsp3) is 0.632. The van der Waals surface area contributed by atoms with Crippen molar-refractivity contribution in [3.63, 3.8) is 0 Å². The highest BCUT2D eigenvalue weighted by molar-refractivity contribution is 5.95. The number of hydrogen-bond donors (Lipinski definition) is 0. The third kappa shape index (κ3) is 4.94. The molecule has 1 aromatic heterocycles. The topological polar surface area (TPSA) is 66.0 Å². The van der Waals surface area contributed by atoms with Crippen molar-refractivity contribution in [1.82, 2.24) is 19.7 Å².